The standard InChI is InChI=1S/C22H24N6O3/c1-13-16(21(31)27-26-13)10-17(29)28-9-3-6-22(12-28)7-5-15-18(22)24-19(25-20(15)30)14-4-2-8-23-11-14/h2,4,8,11H,3,5-7,9-10,12H2,1H3,(H,24,25,30)(H2,26,27,31). The summed E-state index contributed by atoms with van der Waals surface area (Å²) in [4.78, 5) is 51.5. The second-order valence-electron chi connectivity index (χ2n) is 8.54. The molecule has 9 heteroatoms. The first-order valence-corrected chi connectivity index (χ1v) is 10.5. The number of hydrogen-bond donors (Lipinski definition) is 3. The Morgan fingerprint density at radius 1 is 1.23 bits per heavy atom. The molecule has 160 valence electrons. The Balaban J connectivity index is 1.46. The lowest BCUT2D eigenvalue weighted by atomic mass is 9.77. The molecule has 1 aliphatic carbocycles. The number of nitrogens with one attached hydrogen (secondary N) is 3. The lowest BCUT2D eigenvalue weighted by Crippen LogP contribution is -2.48. The van der Waals surface area contributed by atoms with Gasteiger partial charge in [-0.15, -0.1) is 0 Å². The Morgan fingerprint density at radius 3 is 2.84 bits per heavy atom. The first-order chi connectivity index (χ1) is 15.0. The molecule has 0 aromatic carbocycles. The lowest BCUT2D eigenvalue weighted by molar-refractivity contribution is -0.132. The van der Waals surface area contributed by atoms with Crippen LogP contribution in [0.1, 0.15) is 41.8 Å². The Kier molecular flexibility index (Phi) is 4.60. The number of pyridine rings is 1. The van der Waals surface area contributed by atoms with Crippen LogP contribution in [-0.2, 0) is 23.1 Å². The molecule has 31 heavy (non-hydrogen) atoms. The van der Waals surface area contributed by atoms with Crippen LogP contribution in [0.15, 0.2) is 34.1 Å². The van der Waals surface area contributed by atoms with Crippen LogP contribution >= 0.6 is 0 Å². The van der Waals surface area contributed by atoms with Crippen LogP contribution in [0.2, 0.25) is 0 Å². The summed E-state index contributed by atoms with van der Waals surface area (Å²) >= 11 is 0. The summed E-state index contributed by atoms with van der Waals surface area (Å²) in [5, 5.41) is 5.30. The summed E-state index contributed by atoms with van der Waals surface area (Å²) in [7, 11) is 0. The molecule has 1 atom stereocenters. The van der Waals surface area contributed by atoms with E-state index >= 15 is 0 Å². The highest BCUT2D eigenvalue weighted by Gasteiger charge is 2.45. The molecule has 3 aromatic rings. The Labute approximate surface area is 177 Å². The number of nitrogens with zero attached hydrogens (tertiary/aromatic N) is 3. The minimum absolute atomic E-state index is 0.0668. The SMILES string of the molecule is Cc1[nH][nH]c(=O)c1CC(=O)N1CCCC2(CCc3c2nc(-c2cccnc2)[nH]c3=O)C1. The maximum Gasteiger partial charge on any atom is 0.267 e. The van der Waals surface area contributed by atoms with Crippen LogP contribution in [0.25, 0.3) is 11.4 Å². The van der Waals surface area contributed by atoms with Crippen LogP contribution in [-0.4, -0.2) is 49.0 Å². The lowest BCUT2D eigenvalue weighted by Gasteiger charge is -2.40. The normalized spacial score (nSPS) is 20.2. The number of hydrogen-bond acceptors (Lipinski definition) is 5. The third-order valence-electron chi connectivity index (χ3n) is 6.65. The minimum Gasteiger partial charge on any atom is -0.341 e. The van der Waals surface area contributed by atoms with Gasteiger partial charge >= 0.3 is 0 Å². The summed E-state index contributed by atoms with van der Waals surface area (Å²) in [5.74, 6) is 0.439. The number of H-pyrrole nitrogens is 3. The van der Waals surface area contributed by atoms with Gasteiger partial charge in [-0.2, -0.15) is 0 Å². The van der Waals surface area contributed by atoms with Crippen molar-refractivity contribution < 1.29 is 4.79 Å². The molecule has 1 unspecified atom stereocenters. The fourth-order valence-electron chi connectivity index (χ4n) is 4.98. The number of likely N-dealkylation sites (tertiary alicyclic amines) is 1. The number of fused-ring (bicyclic) bond motifs is 2. The molecule has 9 nitrogen and oxygen atoms in total. The van der Waals surface area contributed by atoms with Gasteiger partial charge in [-0.05, 0) is 44.7 Å². The molecule has 2 aliphatic rings. The van der Waals surface area contributed by atoms with Gasteiger partial charge in [-0.25, -0.2) is 4.98 Å². The number of aryl methyl sites for hydroxylation is 1. The van der Waals surface area contributed by atoms with Crippen molar-refractivity contribution in [3.8, 4) is 11.4 Å². The molecule has 3 N–H and O–H groups in total. The summed E-state index contributed by atoms with van der Waals surface area (Å²) in [6.45, 7) is 2.95. The average Bonchev–Trinajstić information content (AvgIpc) is 3.29. The van der Waals surface area contributed by atoms with E-state index in [1.807, 2.05) is 17.0 Å². The number of aromatic nitrogens is 5. The topological polar surface area (TPSA) is 128 Å². The Bertz CT molecular complexity index is 1260. The van der Waals surface area contributed by atoms with E-state index in [1.165, 1.54) is 0 Å². The maximum absolute atomic E-state index is 13.0. The van der Waals surface area contributed by atoms with E-state index in [2.05, 4.69) is 20.2 Å². The van der Waals surface area contributed by atoms with Crippen molar-refractivity contribution in [2.45, 2.75) is 44.4 Å². The van der Waals surface area contributed by atoms with Crippen LogP contribution < -0.4 is 11.1 Å². The monoisotopic (exact) mass is 420 g/mol. The van der Waals surface area contributed by atoms with Crippen LogP contribution in [0.4, 0.5) is 0 Å². The fraction of sp³-hybridized carbons (Fsp3) is 0.409. The van der Waals surface area contributed by atoms with E-state index in [1.54, 1.807) is 19.3 Å². The third-order valence-corrected chi connectivity index (χ3v) is 6.65. The predicted molar refractivity (Wildman–Crippen MR) is 114 cm³/mol. The van der Waals surface area contributed by atoms with Crippen LogP contribution in [0.3, 0.4) is 0 Å². The molecule has 0 bridgehead atoms. The minimum atomic E-state index is -0.325. The van der Waals surface area contributed by atoms with Gasteiger partial charge in [0.25, 0.3) is 11.1 Å². The van der Waals surface area contributed by atoms with Crippen molar-refractivity contribution in [3.05, 3.63) is 67.7 Å². The van der Waals surface area contributed by atoms with Crippen molar-refractivity contribution in [3.63, 3.8) is 0 Å². The van der Waals surface area contributed by atoms with E-state index in [-0.39, 0.29) is 28.9 Å². The Morgan fingerprint density at radius 2 is 2.10 bits per heavy atom. The second kappa shape index (κ2) is 7.33. The van der Waals surface area contributed by atoms with Crippen molar-refractivity contribution in [1.82, 2.24) is 30.0 Å². The van der Waals surface area contributed by atoms with Crippen LogP contribution in [0.5, 0.6) is 0 Å². The number of carbonyl (C=O) groups is 1. The fourth-order valence-corrected chi connectivity index (χ4v) is 4.98. The number of amides is 1. The first kappa shape index (κ1) is 19.5. The first-order valence-electron chi connectivity index (χ1n) is 10.5. The van der Waals surface area contributed by atoms with Gasteiger partial charge in [-0.3, -0.25) is 24.5 Å². The molecular weight excluding hydrogens is 396 g/mol. The molecule has 5 rings (SSSR count). The number of aromatic amines is 3. The van der Waals surface area contributed by atoms with Crippen LogP contribution in [0, 0.1) is 6.92 Å². The molecule has 0 saturated carbocycles. The molecule has 1 amide bonds. The van der Waals surface area contributed by atoms with Gasteiger partial charge in [0.05, 0.1) is 12.1 Å². The second-order valence-corrected chi connectivity index (χ2v) is 8.54. The highest BCUT2D eigenvalue weighted by Crippen LogP contribution is 2.43. The van der Waals surface area contributed by atoms with E-state index in [0.29, 0.717) is 36.6 Å². The zero-order valence-corrected chi connectivity index (χ0v) is 17.3. The quantitative estimate of drug-likeness (QED) is 0.587. The van der Waals surface area contributed by atoms with Crippen molar-refractivity contribution in [2.24, 2.45) is 0 Å². The summed E-state index contributed by atoms with van der Waals surface area (Å²) in [6, 6.07) is 3.68. The maximum atomic E-state index is 13.0. The average molecular weight is 420 g/mol. The zero-order valence-electron chi connectivity index (χ0n) is 17.3. The van der Waals surface area contributed by atoms with Crippen molar-refractivity contribution >= 4 is 5.91 Å². The number of carbonyl (C=O) groups excluding carboxylic acids is 1. The van der Waals surface area contributed by atoms with Gasteiger partial charge in [0.15, 0.2) is 0 Å². The van der Waals surface area contributed by atoms with Gasteiger partial charge in [0.1, 0.15) is 5.82 Å². The molecule has 0 radical (unpaired) electrons. The van der Waals surface area contributed by atoms with Crippen molar-refractivity contribution in [1.29, 1.82) is 0 Å². The summed E-state index contributed by atoms with van der Waals surface area (Å²) < 4.78 is 0. The van der Waals surface area contributed by atoms with Gasteiger partial charge in [0.2, 0.25) is 5.91 Å². The Hall–Kier alpha value is -3.49. The van der Waals surface area contributed by atoms with E-state index in [0.717, 1.165) is 36.1 Å². The van der Waals surface area contributed by atoms with E-state index < -0.39 is 0 Å². The molecule has 1 saturated heterocycles. The van der Waals surface area contributed by atoms with Gasteiger partial charge in [-0.1, -0.05) is 0 Å². The number of rotatable bonds is 3. The highest BCUT2D eigenvalue weighted by atomic mass is 16.2. The summed E-state index contributed by atoms with van der Waals surface area (Å²) in [5.41, 5.74) is 2.76. The van der Waals surface area contributed by atoms with Gasteiger partial charge in [0, 0.05) is 53.3 Å². The number of piperidine rings is 1. The van der Waals surface area contributed by atoms with E-state index in [4.69, 9.17) is 4.98 Å². The van der Waals surface area contributed by atoms with E-state index in [9.17, 15) is 14.4 Å². The van der Waals surface area contributed by atoms with Crippen molar-refractivity contribution in [2.75, 3.05) is 13.1 Å². The molecule has 3 aromatic heterocycles. The zero-order chi connectivity index (χ0) is 21.6. The van der Waals surface area contributed by atoms with Gasteiger partial charge < -0.3 is 15.0 Å². The summed E-state index contributed by atoms with van der Waals surface area (Å²) in [6.07, 6.45) is 6.60. The largest absolute Gasteiger partial charge is 0.341 e. The molecule has 4 heterocycles. The third kappa shape index (κ3) is 3.30. The molecule has 1 aliphatic heterocycles. The molecular formula is C22H24N6O3. The molecule has 1 fully saturated rings. The highest BCUT2D eigenvalue weighted by molar-refractivity contribution is 5.79. The smallest absolute Gasteiger partial charge is 0.267 e. The predicted octanol–water partition coefficient (Wildman–Crippen LogP) is 1.21. The molecule has 1 spiro atoms.